The van der Waals surface area contributed by atoms with Crippen molar-refractivity contribution in [2.24, 2.45) is 0 Å². The van der Waals surface area contributed by atoms with Gasteiger partial charge < -0.3 is 45.1 Å². The highest BCUT2D eigenvalue weighted by molar-refractivity contribution is 6.31. The van der Waals surface area contributed by atoms with Crippen LogP contribution in [-0.4, -0.2) is 98.8 Å². The van der Waals surface area contributed by atoms with Crippen LogP contribution >= 0.6 is 0 Å². The van der Waals surface area contributed by atoms with Crippen LogP contribution in [0.25, 0.3) is 0 Å². The van der Waals surface area contributed by atoms with E-state index in [0.29, 0.717) is 0 Å². The first-order valence-corrected chi connectivity index (χ1v) is 13.6. The standard InChI is InChI=1S/C29H28F3NO12/c1-10-22(36)13(33-27(41)29(30,31)32)6-17(44-10)45-15-8-28(42,16(35)9-34)7-12-19(15)26(40)21-20(24(12)38)23(37)11-4-3-5-14(43-2)18(11)25(21)39/h3-5,10,13,15,17,22,34,36,38,40,42H,6-9H2,1-2H3,(H,33,41)/t10-,13?,15-,17-,22+,28-/m0/s1. The number of carbonyl (C=O) groups excluding carboxylic acids is 4. The summed E-state index contributed by atoms with van der Waals surface area (Å²) in [5.74, 6) is -6.94. The van der Waals surface area contributed by atoms with E-state index in [-0.39, 0.29) is 28.0 Å². The molecule has 6 atom stereocenters. The quantitative estimate of drug-likeness (QED) is 0.206. The van der Waals surface area contributed by atoms with Gasteiger partial charge in [-0.1, -0.05) is 12.1 Å². The minimum absolute atomic E-state index is 0.000996. The van der Waals surface area contributed by atoms with Gasteiger partial charge >= 0.3 is 12.1 Å². The Morgan fingerprint density at radius 3 is 2.40 bits per heavy atom. The number of hydrogen-bond acceptors (Lipinski definition) is 12. The molecule has 6 N–H and O–H groups in total. The minimum Gasteiger partial charge on any atom is -0.507 e. The van der Waals surface area contributed by atoms with Gasteiger partial charge in [0.1, 0.15) is 35.6 Å². The fourth-order valence-corrected chi connectivity index (χ4v) is 6.11. The number of benzene rings is 2. The molecule has 1 fully saturated rings. The van der Waals surface area contributed by atoms with Gasteiger partial charge in [-0.25, -0.2) is 0 Å². The van der Waals surface area contributed by atoms with E-state index in [1.165, 1.54) is 32.2 Å². The molecule has 0 bridgehead atoms. The smallest absolute Gasteiger partial charge is 0.471 e. The highest BCUT2D eigenvalue weighted by Gasteiger charge is 2.51. The number of Topliss-reactive ketones (excluding diaryl/α,β-unsaturated/α-hetero) is 1. The van der Waals surface area contributed by atoms with Crippen LogP contribution in [0.4, 0.5) is 13.2 Å². The van der Waals surface area contributed by atoms with Crippen molar-refractivity contribution in [3.8, 4) is 17.2 Å². The summed E-state index contributed by atoms with van der Waals surface area (Å²) in [6.07, 6.45) is -13.3. The molecule has 1 heterocycles. The van der Waals surface area contributed by atoms with Gasteiger partial charge in [-0.2, -0.15) is 13.2 Å². The lowest BCUT2D eigenvalue weighted by atomic mass is 9.72. The molecule has 2 aromatic carbocycles. The summed E-state index contributed by atoms with van der Waals surface area (Å²) in [5.41, 5.74) is -4.74. The fourth-order valence-electron chi connectivity index (χ4n) is 6.11. The van der Waals surface area contributed by atoms with E-state index < -0.39 is 114 Å². The lowest BCUT2D eigenvalue weighted by Gasteiger charge is -2.43. The number of methoxy groups -OCH3 is 1. The van der Waals surface area contributed by atoms with Crippen molar-refractivity contribution in [1.82, 2.24) is 5.32 Å². The molecule has 1 unspecified atom stereocenters. The molecule has 0 radical (unpaired) electrons. The van der Waals surface area contributed by atoms with Crippen molar-refractivity contribution in [3.63, 3.8) is 0 Å². The number of hydrogen-bond donors (Lipinski definition) is 6. The van der Waals surface area contributed by atoms with Crippen molar-refractivity contribution in [1.29, 1.82) is 0 Å². The highest BCUT2D eigenvalue weighted by Crippen LogP contribution is 2.52. The van der Waals surface area contributed by atoms with Crippen LogP contribution < -0.4 is 10.1 Å². The number of nitrogens with one attached hydrogen (secondary N) is 1. The van der Waals surface area contributed by atoms with Gasteiger partial charge in [0.05, 0.1) is 42.0 Å². The zero-order valence-corrected chi connectivity index (χ0v) is 23.7. The third kappa shape index (κ3) is 5.31. The number of aliphatic hydroxyl groups excluding tert-OH is 2. The van der Waals surface area contributed by atoms with Crippen molar-refractivity contribution in [3.05, 3.63) is 51.6 Å². The molecule has 1 saturated heterocycles. The van der Waals surface area contributed by atoms with Gasteiger partial charge in [0.2, 0.25) is 5.78 Å². The first-order valence-electron chi connectivity index (χ1n) is 13.6. The molecule has 0 saturated carbocycles. The number of halogens is 3. The summed E-state index contributed by atoms with van der Waals surface area (Å²) in [6.45, 7) is 0.123. The molecule has 1 aliphatic heterocycles. The van der Waals surface area contributed by atoms with Crippen LogP contribution in [0, 0.1) is 0 Å². The van der Waals surface area contributed by atoms with E-state index in [1.807, 2.05) is 0 Å². The summed E-state index contributed by atoms with van der Waals surface area (Å²) in [4.78, 5) is 51.5. The van der Waals surface area contributed by atoms with Crippen LogP contribution in [0.3, 0.4) is 0 Å². The van der Waals surface area contributed by atoms with E-state index in [9.17, 15) is 57.9 Å². The number of amides is 1. The number of alkyl halides is 3. The third-order valence-electron chi connectivity index (χ3n) is 8.33. The van der Waals surface area contributed by atoms with Gasteiger partial charge in [-0.05, 0) is 13.0 Å². The van der Waals surface area contributed by atoms with Crippen LogP contribution in [0.15, 0.2) is 18.2 Å². The number of phenolic OH excluding ortho intramolecular Hbond substituents is 2. The van der Waals surface area contributed by atoms with Crippen LogP contribution in [-0.2, 0) is 25.5 Å². The summed E-state index contributed by atoms with van der Waals surface area (Å²) in [5, 5.41) is 55.8. The molecule has 3 aliphatic rings. The first-order chi connectivity index (χ1) is 21.0. The topological polar surface area (TPSA) is 209 Å². The summed E-state index contributed by atoms with van der Waals surface area (Å²) < 4.78 is 55.5. The molecule has 0 spiro atoms. The Balaban J connectivity index is 1.61. The SMILES string of the molecule is COc1cccc2c1C(=O)c1c(O)c3c(c(O)c1C2=O)C[C@@](O)(C(=O)CO)C[C@@H]3O[C@H]1CC(NC(=O)C(F)(F)F)[C@H](O)[C@H](C)O1. The molecular weight excluding hydrogens is 611 g/mol. The van der Waals surface area contributed by atoms with E-state index in [0.717, 1.165) is 0 Å². The first kappa shape index (κ1) is 32.3. The number of phenols is 2. The second-order valence-electron chi connectivity index (χ2n) is 11.1. The normalized spacial score (nSPS) is 27.7. The maximum absolute atomic E-state index is 13.7. The largest absolute Gasteiger partial charge is 0.507 e. The zero-order valence-electron chi connectivity index (χ0n) is 23.7. The predicted octanol–water partition coefficient (Wildman–Crippen LogP) is 0.721. The van der Waals surface area contributed by atoms with Gasteiger partial charge in [-0.15, -0.1) is 0 Å². The maximum Gasteiger partial charge on any atom is 0.471 e. The highest BCUT2D eigenvalue weighted by atomic mass is 19.4. The molecule has 2 aromatic rings. The van der Waals surface area contributed by atoms with Crippen molar-refractivity contribution >= 4 is 23.3 Å². The molecule has 0 aromatic heterocycles. The predicted molar refractivity (Wildman–Crippen MR) is 142 cm³/mol. The molecule has 242 valence electrons. The molecule has 16 heteroatoms. The molecule has 2 aliphatic carbocycles. The lowest BCUT2D eigenvalue weighted by molar-refractivity contribution is -0.250. The maximum atomic E-state index is 13.7. The summed E-state index contributed by atoms with van der Waals surface area (Å²) in [6, 6.07) is 2.60. The number of aromatic hydroxyl groups is 2. The number of carbonyl (C=O) groups is 4. The van der Waals surface area contributed by atoms with Crippen molar-refractivity contribution < 1.29 is 72.1 Å². The Labute approximate surface area is 252 Å². The number of ether oxygens (including phenoxy) is 3. The Kier molecular flexibility index (Phi) is 8.16. The molecular formula is C29H28F3NO12. The van der Waals surface area contributed by atoms with Crippen LogP contribution in [0.5, 0.6) is 17.2 Å². The molecule has 13 nitrogen and oxygen atoms in total. The summed E-state index contributed by atoms with van der Waals surface area (Å²) in [7, 11) is 1.25. The monoisotopic (exact) mass is 639 g/mol. The van der Waals surface area contributed by atoms with Crippen LogP contribution in [0.2, 0.25) is 0 Å². The zero-order chi connectivity index (χ0) is 33.2. The van der Waals surface area contributed by atoms with E-state index in [2.05, 4.69) is 0 Å². The van der Waals surface area contributed by atoms with Gasteiger partial charge in [0.15, 0.2) is 17.9 Å². The van der Waals surface area contributed by atoms with Crippen molar-refractivity contribution in [2.45, 2.75) is 68.6 Å². The average Bonchev–Trinajstić information content (AvgIpc) is 2.98. The minimum atomic E-state index is -5.27. The number of ketones is 3. The fraction of sp³-hybridized carbons (Fsp3) is 0.448. The Morgan fingerprint density at radius 1 is 1.11 bits per heavy atom. The number of rotatable bonds is 6. The van der Waals surface area contributed by atoms with Crippen molar-refractivity contribution in [2.75, 3.05) is 13.7 Å². The molecule has 45 heavy (non-hydrogen) atoms. The average molecular weight is 640 g/mol. The van der Waals surface area contributed by atoms with Gasteiger partial charge in [0.25, 0.3) is 0 Å². The van der Waals surface area contributed by atoms with E-state index in [1.54, 1.807) is 5.32 Å². The van der Waals surface area contributed by atoms with Crippen LogP contribution in [0.1, 0.15) is 68.8 Å². The Morgan fingerprint density at radius 2 is 1.78 bits per heavy atom. The lowest BCUT2D eigenvalue weighted by Crippen LogP contribution is -2.57. The second-order valence-corrected chi connectivity index (χ2v) is 11.1. The Hall–Kier alpha value is -4.09. The molecule has 5 rings (SSSR count). The molecule has 1 amide bonds. The number of fused-ring (bicyclic) bond motifs is 3. The van der Waals surface area contributed by atoms with Gasteiger partial charge in [-0.3, -0.25) is 19.2 Å². The third-order valence-corrected chi connectivity index (χ3v) is 8.33. The Bertz CT molecular complexity index is 1610. The van der Waals surface area contributed by atoms with Gasteiger partial charge in [0, 0.05) is 36.0 Å². The van der Waals surface area contributed by atoms with E-state index >= 15 is 0 Å². The second kappa shape index (κ2) is 11.4. The van der Waals surface area contributed by atoms with E-state index in [4.69, 9.17) is 14.2 Å². The summed E-state index contributed by atoms with van der Waals surface area (Å²) >= 11 is 0. The number of aliphatic hydroxyl groups is 3.